The van der Waals surface area contributed by atoms with Crippen LogP contribution in [0.4, 0.5) is 0 Å². The van der Waals surface area contributed by atoms with Crippen LogP contribution in [0.5, 0.6) is 0 Å². The molecule has 0 spiro atoms. The maximum atomic E-state index is 13.1. The summed E-state index contributed by atoms with van der Waals surface area (Å²) in [5, 5.41) is 78.1. The van der Waals surface area contributed by atoms with Crippen molar-refractivity contribution >= 4 is 11.9 Å². The average Bonchev–Trinajstić information content (AvgIpc) is 3.59. The third kappa shape index (κ3) is 11.0. The van der Waals surface area contributed by atoms with Gasteiger partial charge in [0.15, 0.2) is 25.2 Å². The van der Waals surface area contributed by atoms with Gasteiger partial charge in [-0.25, -0.2) is 0 Å². The van der Waals surface area contributed by atoms with E-state index < -0.39 is 152 Å². The Kier molecular flexibility index (Phi) is 18.5. The number of ether oxygens (including phenoxy) is 12. The number of aliphatic hydroxyl groups excluding tert-OH is 5. The van der Waals surface area contributed by atoms with Crippen molar-refractivity contribution in [1.29, 1.82) is 0 Å². The van der Waals surface area contributed by atoms with Crippen molar-refractivity contribution in [2.45, 2.75) is 273 Å². The van der Waals surface area contributed by atoms with Crippen LogP contribution in [0.15, 0.2) is 0 Å². The number of hydrogen-bond acceptors (Lipinski definition) is 21. The number of hydrogen-bond donors (Lipinski definition) is 7. The fourth-order valence-corrected chi connectivity index (χ4v) is 15.1. The van der Waals surface area contributed by atoms with E-state index in [1.165, 1.54) is 14.0 Å². The summed E-state index contributed by atoms with van der Waals surface area (Å²) in [6.07, 6.45) is -11.1. The van der Waals surface area contributed by atoms with E-state index in [1.54, 1.807) is 27.9 Å². The molecule has 75 heavy (non-hydrogen) atoms. The van der Waals surface area contributed by atoms with Crippen molar-refractivity contribution in [2.24, 2.45) is 34.5 Å². The summed E-state index contributed by atoms with van der Waals surface area (Å²) in [6, 6.07) is 0. The highest BCUT2D eigenvalue weighted by Crippen LogP contribution is 2.71. The van der Waals surface area contributed by atoms with Gasteiger partial charge >= 0.3 is 11.9 Å². The molecule has 0 bridgehead atoms. The Hall–Kier alpha value is -1.74. The Balaban J connectivity index is 0.839. The lowest BCUT2D eigenvalue weighted by Crippen LogP contribution is -2.72. The second-order valence-corrected chi connectivity index (χ2v) is 23.9. The van der Waals surface area contributed by atoms with Crippen LogP contribution in [-0.4, -0.2) is 203 Å². The molecule has 1 unspecified atom stereocenters. The molecule has 432 valence electrons. The van der Waals surface area contributed by atoms with Crippen LogP contribution >= 0.6 is 0 Å². The van der Waals surface area contributed by atoms with Gasteiger partial charge in [-0.1, -0.05) is 27.7 Å². The van der Waals surface area contributed by atoms with E-state index in [0.29, 0.717) is 19.3 Å². The van der Waals surface area contributed by atoms with Gasteiger partial charge in [0.05, 0.1) is 66.3 Å². The van der Waals surface area contributed by atoms with Gasteiger partial charge in [0, 0.05) is 40.4 Å². The molecule has 4 heterocycles. The molecule has 28 atom stereocenters. The molecule has 21 nitrogen and oxygen atoms in total. The van der Waals surface area contributed by atoms with Crippen molar-refractivity contribution in [3.63, 3.8) is 0 Å². The molecule has 7 N–H and O–H groups in total. The molecular weight excluding hydrogens is 985 g/mol. The van der Waals surface area contributed by atoms with Gasteiger partial charge in [-0.15, -0.1) is 0 Å². The van der Waals surface area contributed by atoms with Gasteiger partial charge in [0.25, 0.3) is 0 Å². The van der Waals surface area contributed by atoms with E-state index in [2.05, 4.69) is 6.92 Å². The molecule has 0 radical (unpaired) electrons. The van der Waals surface area contributed by atoms with Gasteiger partial charge in [-0.2, -0.15) is 0 Å². The molecule has 8 fully saturated rings. The van der Waals surface area contributed by atoms with Crippen molar-refractivity contribution in [2.75, 3.05) is 20.8 Å². The zero-order valence-corrected chi connectivity index (χ0v) is 45.9. The SMILES string of the molecule is CCC(C)C(=O)O[C@H](C)[C@]1(O)CC[C@]2(O)[C@@H]3CC[C@H]4C[C@@H](O[C@H]5C[C@H](O)[C@H](O[C@H]6C[C@H](OC)[C@H](O[C@H]7C[C@@H](OC)[C@H](O[C@@H]8O[C@H](CO)[C@@H](O)[C@H](O)[C@H]8O)[C@@H](C)O7)[C@@H](C)O6)[C@@H](C)O5)CC[C@]4(C)[C@H]3C[C@@H](OC(C)=O)[C@]12C. The van der Waals surface area contributed by atoms with Crippen molar-refractivity contribution in [3.8, 4) is 0 Å². The summed E-state index contributed by atoms with van der Waals surface area (Å²) in [6.45, 7) is 15.7. The van der Waals surface area contributed by atoms with Crippen LogP contribution in [0.25, 0.3) is 0 Å². The lowest BCUT2D eigenvalue weighted by Gasteiger charge is -2.66. The maximum Gasteiger partial charge on any atom is 0.309 e. The van der Waals surface area contributed by atoms with E-state index >= 15 is 0 Å². The van der Waals surface area contributed by atoms with E-state index in [1.807, 2.05) is 27.7 Å². The molecule has 8 rings (SSSR count). The van der Waals surface area contributed by atoms with Crippen LogP contribution in [0.3, 0.4) is 0 Å². The summed E-state index contributed by atoms with van der Waals surface area (Å²) in [4.78, 5) is 25.8. The maximum absolute atomic E-state index is 13.1. The number of rotatable bonds is 16. The third-order valence-electron chi connectivity index (χ3n) is 19.9. The molecule has 0 amide bonds. The minimum absolute atomic E-state index is 0.00841. The average molecular weight is 1080 g/mol. The molecular formula is C54H90O21. The fraction of sp³-hybridized carbons (Fsp3) is 0.963. The van der Waals surface area contributed by atoms with E-state index in [4.69, 9.17) is 56.8 Å². The monoisotopic (exact) mass is 1070 g/mol. The molecule has 0 aromatic carbocycles. The molecule has 4 aliphatic carbocycles. The topological polar surface area (TPSA) is 287 Å². The second-order valence-electron chi connectivity index (χ2n) is 23.9. The highest BCUT2D eigenvalue weighted by atomic mass is 16.8. The Bertz CT molecular complexity index is 1920. The third-order valence-corrected chi connectivity index (χ3v) is 19.9. The van der Waals surface area contributed by atoms with Gasteiger partial charge in [0.2, 0.25) is 0 Å². The molecule has 0 aromatic rings. The molecule has 0 aromatic heterocycles. The summed E-state index contributed by atoms with van der Waals surface area (Å²) in [5.74, 6) is -1.19. The van der Waals surface area contributed by atoms with E-state index in [-0.39, 0.29) is 60.9 Å². The zero-order valence-electron chi connectivity index (χ0n) is 45.9. The van der Waals surface area contributed by atoms with Crippen molar-refractivity contribution in [1.82, 2.24) is 0 Å². The number of esters is 2. The lowest BCUT2D eigenvalue weighted by atomic mass is 9.42. The van der Waals surface area contributed by atoms with Crippen LogP contribution < -0.4 is 0 Å². The van der Waals surface area contributed by atoms with Gasteiger partial charge in [-0.3, -0.25) is 9.59 Å². The van der Waals surface area contributed by atoms with Crippen LogP contribution in [0.2, 0.25) is 0 Å². The first-order valence-electron chi connectivity index (χ1n) is 27.8. The predicted molar refractivity (Wildman–Crippen MR) is 262 cm³/mol. The first kappa shape index (κ1) is 59.4. The van der Waals surface area contributed by atoms with Crippen LogP contribution in [0.1, 0.15) is 139 Å². The van der Waals surface area contributed by atoms with Crippen molar-refractivity contribution in [3.05, 3.63) is 0 Å². The smallest absolute Gasteiger partial charge is 0.309 e. The Morgan fingerprint density at radius 1 is 0.680 bits per heavy atom. The minimum atomic E-state index is -1.63. The van der Waals surface area contributed by atoms with E-state index in [9.17, 15) is 45.3 Å². The van der Waals surface area contributed by atoms with Crippen LogP contribution in [-0.2, 0) is 66.4 Å². The Morgan fingerprint density at radius 2 is 1.27 bits per heavy atom. The second kappa shape index (κ2) is 23.4. The summed E-state index contributed by atoms with van der Waals surface area (Å²) in [7, 11) is 3.08. The largest absolute Gasteiger partial charge is 0.462 e. The predicted octanol–water partition coefficient (Wildman–Crippen LogP) is 2.53. The Morgan fingerprint density at radius 3 is 1.84 bits per heavy atom. The number of carbonyl (C=O) groups excluding carboxylic acids is 2. The molecule has 8 aliphatic rings. The number of carbonyl (C=O) groups is 2. The molecule has 4 aliphatic heterocycles. The first-order valence-corrected chi connectivity index (χ1v) is 27.8. The van der Waals surface area contributed by atoms with Gasteiger partial charge in [-0.05, 0) is 109 Å². The first-order chi connectivity index (χ1) is 35.4. The van der Waals surface area contributed by atoms with Crippen LogP contribution in [0, 0.1) is 34.5 Å². The van der Waals surface area contributed by atoms with Crippen molar-refractivity contribution < 1.29 is 102 Å². The summed E-state index contributed by atoms with van der Waals surface area (Å²) < 4.78 is 74.0. The molecule has 21 heteroatoms. The van der Waals surface area contributed by atoms with Gasteiger partial charge < -0.3 is 92.6 Å². The van der Waals surface area contributed by atoms with E-state index in [0.717, 1.165) is 32.1 Å². The highest BCUT2D eigenvalue weighted by Gasteiger charge is 2.77. The zero-order chi connectivity index (χ0) is 54.7. The lowest BCUT2D eigenvalue weighted by molar-refractivity contribution is -0.357. The highest BCUT2D eigenvalue weighted by molar-refractivity contribution is 5.72. The van der Waals surface area contributed by atoms with Gasteiger partial charge in [0.1, 0.15) is 60.5 Å². The molecule has 4 saturated carbocycles. The quantitative estimate of drug-likeness (QED) is 0.0864. The standard InChI is InChI=1S/C54H90O21/c1-12-25(2)49(61)69-29(6)53(62)17-18-54(63)33-14-13-31-19-32(15-16-51(31,8)34(33)20-39(52(53,54)9)70-30(7)56)71-40-21-35(57)46(26(3)66-40)73-41-22-36(64-10)47(27(4)67-41)74-42-23-37(65-11)48(28(5)68-42)75-50-45(60)44(59)43(58)38(24-55)72-50/h25-29,31-48,50,55,57-60,62-63H,12-24H2,1-11H3/t25?,26-,27-,28-,29-,31+,32+,33-,34+,35+,36+,37-,38-,39-,40+,41+,42+,43-,44+,45-,46-,47-,48-,50+,51+,52-,53-,54+/m1/s1. The number of methoxy groups -OCH3 is 2. The number of fused-ring (bicyclic) bond motifs is 5. The summed E-state index contributed by atoms with van der Waals surface area (Å²) in [5.41, 5.74) is -4.52. The minimum Gasteiger partial charge on any atom is -0.462 e. The fourth-order valence-electron chi connectivity index (χ4n) is 15.1. The number of aliphatic hydroxyl groups is 7. The Labute approximate surface area is 441 Å². The molecule has 4 saturated heterocycles. The summed E-state index contributed by atoms with van der Waals surface area (Å²) >= 11 is 0. The normalized spacial score (nSPS) is 50.9.